The normalized spacial score (nSPS) is 16.2. The van der Waals surface area contributed by atoms with Crippen LogP contribution < -0.4 is 0 Å². The summed E-state index contributed by atoms with van der Waals surface area (Å²) >= 11 is 0. The van der Waals surface area contributed by atoms with Crippen LogP contribution in [-0.4, -0.2) is 15.9 Å². The first-order chi connectivity index (χ1) is 10.7. The summed E-state index contributed by atoms with van der Waals surface area (Å²) in [6, 6.07) is 19.8. The molecule has 0 bridgehead atoms. The molecule has 0 unspecified atom stereocenters. The summed E-state index contributed by atoms with van der Waals surface area (Å²) in [6.07, 6.45) is 4.23. The van der Waals surface area contributed by atoms with Crippen LogP contribution in [-0.2, 0) is 17.8 Å². The molecule has 0 fully saturated rings. The van der Waals surface area contributed by atoms with Crippen LogP contribution in [0.2, 0.25) is 0 Å². The van der Waals surface area contributed by atoms with Crippen LogP contribution in [0.15, 0.2) is 84.3 Å². The topological polar surface area (TPSA) is 40.5 Å². The zero-order valence-corrected chi connectivity index (χ0v) is 12.1. The number of amides is 1. The van der Waals surface area contributed by atoms with E-state index in [9.17, 15) is 9.90 Å². The van der Waals surface area contributed by atoms with E-state index >= 15 is 0 Å². The monoisotopic (exact) mass is 291 g/mol. The van der Waals surface area contributed by atoms with Gasteiger partial charge in [0.2, 0.25) is 0 Å². The summed E-state index contributed by atoms with van der Waals surface area (Å²) in [7, 11) is 0. The van der Waals surface area contributed by atoms with Crippen LogP contribution in [0.4, 0.5) is 0 Å². The minimum atomic E-state index is -0.344. The zero-order chi connectivity index (χ0) is 15.4. The van der Waals surface area contributed by atoms with Crippen molar-refractivity contribution in [1.29, 1.82) is 0 Å². The average molecular weight is 291 g/mol. The molecule has 3 rings (SSSR count). The first-order valence-electron chi connectivity index (χ1n) is 7.24. The van der Waals surface area contributed by atoms with Crippen LogP contribution in [0.5, 0.6) is 0 Å². The van der Waals surface area contributed by atoms with Crippen molar-refractivity contribution in [3.63, 3.8) is 0 Å². The van der Waals surface area contributed by atoms with Gasteiger partial charge in [0.25, 0.3) is 5.91 Å². The molecule has 0 atom stereocenters. The third-order valence-corrected chi connectivity index (χ3v) is 3.63. The second-order valence-corrected chi connectivity index (χ2v) is 5.23. The number of rotatable bonds is 4. The zero-order valence-electron chi connectivity index (χ0n) is 12.1. The fourth-order valence-electron chi connectivity index (χ4n) is 2.47. The Morgan fingerprint density at radius 1 is 0.909 bits per heavy atom. The van der Waals surface area contributed by atoms with E-state index in [1.807, 2.05) is 66.7 Å². The Labute approximate surface area is 129 Å². The van der Waals surface area contributed by atoms with Gasteiger partial charge in [-0.05, 0) is 17.5 Å². The highest BCUT2D eigenvalue weighted by molar-refractivity contribution is 5.96. The SMILES string of the molecule is O=C1C(O)=C/C(=C\Cc2ccccc2)N1Cc1ccccc1. The molecule has 1 heterocycles. The molecule has 3 nitrogen and oxygen atoms in total. The Morgan fingerprint density at radius 2 is 1.50 bits per heavy atom. The standard InChI is InChI=1S/C19H17NO2/c21-18-13-17(12-11-15-7-3-1-4-8-15)20(19(18)22)14-16-9-5-2-6-10-16/h1-10,12-13,21H,11,14H2/b17-12+. The van der Waals surface area contributed by atoms with Crippen molar-refractivity contribution in [2.45, 2.75) is 13.0 Å². The molecule has 0 saturated heterocycles. The number of allylic oxidation sites excluding steroid dienone is 2. The van der Waals surface area contributed by atoms with Gasteiger partial charge in [-0.3, -0.25) is 4.79 Å². The minimum Gasteiger partial charge on any atom is -0.503 e. The smallest absolute Gasteiger partial charge is 0.293 e. The number of carbonyl (C=O) groups is 1. The maximum absolute atomic E-state index is 12.1. The molecule has 1 amide bonds. The third kappa shape index (κ3) is 3.09. The molecule has 1 aliphatic heterocycles. The molecule has 0 aliphatic carbocycles. The Kier molecular flexibility index (Phi) is 4.05. The summed E-state index contributed by atoms with van der Waals surface area (Å²) in [4.78, 5) is 13.7. The maximum atomic E-state index is 12.1. The number of hydrogen-bond donors (Lipinski definition) is 1. The molecule has 0 radical (unpaired) electrons. The number of aliphatic hydroxyl groups is 1. The number of benzene rings is 2. The summed E-state index contributed by atoms with van der Waals surface area (Å²) in [5.41, 5.74) is 2.95. The van der Waals surface area contributed by atoms with Gasteiger partial charge in [0.15, 0.2) is 5.76 Å². The Balaban J connectivity index is 1.80. The Hall–Kier alpha value is -2.81. The lowest BCUT2D eigenvalue weighted by Gasteiger charge is -2.18. The van der Waals surface area contributed by atoms with Crippen molar-refractivity contribution < 1.29 is 9.90 Å². The summed E-state index contributed by atoms with van der Waals surface area (Å²) < 4.78 is 0. The predicted octanol–water partition coefficient (Wildman–Crippen LogP) is 3.60. The lowest BCUT2D eigenvalue weighted by atomic mass is 10.1. The van der Waals surface area contributed by atoms with Gasteiger partial charge in [-0.15, -0.1) is 0 Å². The van der Waals surface area contributed by atoms with Gasteiger partial charge in [0.05, 0.1) is 6.54 Å². The van der Waals surface area contributed by atoms with Crippen LogP contribution in [0, 0.1) is 0 Å². The van der Waals surface area contributed by atoms with Crippen molar-refractivity contribution in [3.05, 3.63) is 95.4 Å². The van der Waals surface area contributed by atoms with Gasteiger partial charge in [0, 0.05) is 11.8 Å². The van der Waals surface area contributed by atoms with Crippen molar-refractivity contribution in [1.82, 2.24) is 4.90 Å². The van der Waals surface area contributed by atoms with Crippen LogP contribution in [0.1, 0.15) is 11.1 Å². The van der Waals surface area contributed by atoms with Crippen molar-refractivity contribution in [2.24, 2.45) is 0 Å². The van der Waals surface area contributed by atoms with E-state index in [0.29, 0.717) is 6.54 Å². The molecule has 3 heteroatoms. The van der Waals surface area contributed by atoms with Crippen molar-refractivity contribution in [3.8, 4) is 0 Å². The molecule has 110 valence electrons. The average Bonchev–Trinajstić information content (AvgIpc) is 2.83. The molecule has 22 heavy (non-hydrogen) atoms. The second-order valence-electron chi connectivity index (χ2n) is 5.23. The molecule has 0 aromatic heterocycles. The molecule has 0 spiro atoms. The van der Waals surface area contributed by atoms with E-state index in [1.165, 1.54) is 11.6 Å². The fourth-order valence-corrected chi connectivity index (χ4v) is 2.47. The van der Waals surface area contributed by atoms with E-state index in [1.54, 1.807) is 4.90 Å². The summed E-state index contributed by atoms with van der Waals surface area (Å²) in [5, 5.41) is 9.74. The first kappa shape index (κ1) is 14.1. The molecular formula is C19H17NO2. The quantitative estimate of drug-likeness (QED) is 0.935. The highest BCUT2D eigenvalue weighted by Gasteiger charge is 2.27. The van der Waals surface area contributed by atoms with E-state index in [2.05, 4.69) is 0 Å². The van der Waals surface area contributed by atoms with Crippen LogP contribution in [0.25, 0.3) is 0 Å². The van der Waals surface area contributed by atoms with Gasteiger partial charge >= 0.3 is 0 Å². The number of aliphatic hydroxyl groups excluding tert-OH is 1. The van der Waals surface area contributed by atoms with Crippen molar-refractivity contribution in [2.75, 3.05) is 0 Å². The van der Waals surface area contributed by atoms with Gasteiger partial charge in [-0.2, -0.15) is 0 Å². The van der Waals surface area contributed by atoms with Crippen LogP contribution in [0.3, 0.4) is 0 Å². The Morgan fingerprint density at radius 3 is 2.14 bits per heavy atom. The fraction of sp³-hybridized carbons (Fsp3) is 0.105. The van der Waals surface area contributed by atoms with Gasteiger partial charge in [0.1, 0.15) is 0 Å². The van der Waals surface area contributed by atoms with Crippen molar-refractivity contribution >= 4 is 5.91 Å². The minimum absolute atomic E-state index is 0.199. The van der Waals surface area contributed by atoms with E-state index < -0.39 is 0 Å². The lowest BCUT2D eigenvalue weighted by Crippen LogP contribution is -2.25. The van der Waals surface area contributed by atoms with E-state index in [-0.39, 0.29) is 11.7 Å². The lowest BCUT2D eigenvalue weighted by molar-refractivity contribution is -0.127. The largest absolute Gasteiger partial charge is 0.503 e. The number of carbonyl (C=O) groups excluding carboxylic acids is 1. The molecule has 1 N–H and O–H groups in total. The Bertz CT molecular complexity index is 718. The van der Waals surface area contributed by atoms with E-state index in [4.69, 9.17) is 0 Å². The summed E-state index contributed by atoms with van der Waals surface area (Å²) in [5.74, 6) is -0.543. The molecular weight excluding hydrogens is 274 g/mol. The molecule has 0 saturated carbocycles. The van der Waals surface area contributed by atoms with Gasteiger partial charge in [-0.1, -0.05) is 66.7 Å². The first-order valence-corrected chi connectivity index (χ1v) is 7.24. The second kappa shape index (κ2) is 6.31. The number of hydrogen-bond acceptors (Lipinski definition) is 2. The molecule has 1 aliphatic rings. The highest BCUT2D eigenvalue weighted by atomic mass is 16.3. The third-order valence-electron chi connectivity index (χ3n) is 3.63. The molecule has 2 aromatic rings. The van der Waals surface area contributed by atoms with Gasteiger partial charge in [-0.25, -0.2) is 0 Å². The van der Waals surface area contributed by atoms with E-state index in [0.717, 1.165) is 17.7 Å². The highest BCUT2D eigenvalue weighted by Crippen LogP contribution is 2.23. The van der Waals surface area contributed by atoms with Gasteiger partial charge < -0.3 is 10.0 Å². The number of nitrogens with zero attached hydrogens (tertiary/aromatic N) is 1. The summed E-state index contributed by atoms with van der Waals surface area (Å²) in [6.45, 7) is 0.459. The maximum Gasteiger partial charge on any atom is 0.293 e. The molecule has 2 aromatic carbocycles. The van der Waals surface area contributed by atoms with Crippen LogP contribution >= 0.6 is 0 Å². The predicted molar refractivity (Wildman–Crippen MR) is 85.9 cm³/mol.